The average molecular weight is 317 g/mol. The molecule has 4 aromatic rings. The summed E-state index contributed by atoms with van der Waals surface area (Å²) in [5.41, 5.74) is 2.70. The van der Waals surface area contributed by atoms with Crippen molar-refractivity contribution in [1.82, 2.24) is 0 Å². The van der Waals surface area contributed by atoms with Crippen LogP contribution in [0.5, 0.6) is 0 Å². The van der Waals surface area contributed by atoms with Gasteiger partial charge in [-0.3, -0.25) is 0 Å². The van der Waals surface area contributed by atoms with Gasteiger partial charge in [-0.15, -0.1) is 81.2 Å². The van der Waals surface area contributed by atoms with Gasteiger partial charge in [0.1, 0.15) is 0 Å². The van der Waals surface area contributed by atoms with Crippen LogP contribution in [0.3, 0.4) is 0 Å². The van der Waals surface area contributed by atoms with E-state index in [-0.39, 0.29) is 16.8 Å². The van der Waals surface area contributed by atoms with Crippen molar-refractivity contribution in [3.63, 3.8) is 0 Å². The first kappa shape index (κ1) is 15.6. The van der Waals surface area contributed by atoms with Crippen LogP contribution in [-0.2, 0) is 16.8 Å². The summed E-state index contributed by atoms with van der Waals surface area (Å²) in [6.07, 6.45) is 0. The summed E-state index contributed by atoms with van der Waals surface area (Å²) in [5.74, 6) is 0. The van der Waals surface area contributed by atoms with Gasteiger partial charge in [0, 0.05) is 0 Å². The van der Waals surface area contributed by atoms with Gasteiger partial charge in [-0.25, -0.2) is 0 Å². The van der Waals surface area contributed by atoms with Crippen LogP contribution in [0.25, 0.3) is 21.5 Å². The van der Waals surface area contributed by atoms with Crippen LogP contribution < -0.4 is 0 Å². The largest absolute Gasteiger partial charge is 2.00 e. The van der Waals surface area contributed by atoms with E-state index >= 15 is 0 Å². The molecule has 0 spiro atoms. The van der Waals surface area contributed by atoms with E-state index in [1.807, 2.05) is 0 Å². The third kappa shape index (κ3) is 3.63. The van der Waals surface area contributed by atoms with Crippen molar-refractivity contribution in [2.45, 2.75) is 13.8 Å². The molecule has 0 nitrogen and oxygen atoms in total. The van der Waals surface area contributed by atoms with Gasteiger partial charge >= 0.3 is 16.8 Å². The Morgan fingerprint density at radius 3 is 1.38 bits per heavy atom. The van der Waals surface area contributed by atoms with Crippen molar-refractivity contribution in [3.05, 3.63) is 83.9 Å². The Kier molecular flexibility index (Phi) is 5.00. The summed E-state index contributed by atoms with van der Waals surface area (Å²) in [7, 11) is 0. The summed E-state index contributed by atoms with van der Waals surface area (Å²) < 4.78 is 0. The maximum absolute atomic E-state index is 2.20. The van der Waals surface area contributed by atoms with Crippen molar-refractivity contribution in [1.29, 1.82) is 0 Å². The molecule has 107 valence electrons. The first-order valence-corrected chi connectivity index (χ1v) is 6.96. The molecule has 4 aromatic carbocycles. The van der Waals surface area contributed by atoms with E-state index < -0.39 is 0 Å². The van der Waals surface area contributed by atoms with Gasteiger partial charge in [-0.1, -0.05) is 26.0 Å². The summed E-state index contributed by atoms with van der Waals surface area (Å²) in [6, 6.07) is 25.7. The van der Waals surface area contributed by atoms with Crippen molar-refractivity contribution in [2.75, 3.05) is 0 Å². The molecule has 0 amide bonds. The molecular formula is C20H18Co. The Morgan fingerprint density at radius 2 is 1.00 bits per heavy atom. The zero-order valence-corrected chi connectivity index (χ0v) is 13.3. The molecule has 0 bridgehead atoms. The molecule has 0 N–H and O–H groups in total. The monoisotopic (exact) mass is 317 g/mol. The Morgan fingerprint density at radius 1 is 0.619 bits per heavy atom. The number of hydrogen-bond acceptors (Lipinski definition) is 0. The van der Waals surface area contributed by atoms with E-state index in [4.69, 9.17) is 0 Å². The minimum absolute atomic E-state index is 0. The Hall–Kier alpha value is -1.83. The van der Waals surface area contributed by atoms with Crippen LogP contribution in [-0.4, -0.2) is 0 Å². The van der Waals surface area contributed by atoms with Gasteiger partial charge < -0.3 is 0 Å². The van der Waals surface area contributed by atoms with Crippen LogP contribution in [0, 0.1) is 13.8 Å². The second kappa shape index (κ2) is 6.75. The van der Waals surface area contributed by atoms with E-state index in [2.05, 4.69) is 86.6 Å². The van der Waals surface area contributed by atoms with Crippen molar-refractivity contribution in [3.8, 4) is 0 Å². The van der Waals surface area contributed by atoms with E-state index in [0.29, 0.717) is 0 Å². The van der Waals surface area contributed by atoms with Crippen molar-refractivity contribution >= 4 is 21.5 Å². The predicted molar refractivity (Wildman–Crippen MR) is 88.6 cm³/mol. The number of hydrogen-bond donors (Lipinski definition) is 0. The smallest absolute Gasteiger partial charge is 0.165 e. The van der Waals surface area contributed by atoms with Gasteiger partial charge in [0.15, 0.2) is 0 Å². The van der Waals surface area contributed by atoms with E-state index in [9.17, 15) is 0 Å². The SMILES string of the molecule is Cc1cc2ccccc2[cH-]1.Cc1cc2ccccc2[cH-]1.[Co+2]. The second-order valence-electron chi connectivity index (χ2n) is 5.32. The van der Waals surface area contributed by atoms with Crippen molar-refractivity contribution in [2.24, 2.45) is 0 Å². The summed E-state index contributed by atoms with van der Waals surface area (Å²) in [4.78, 5) is 0. The maximum atomic E-state index is 2.20. The fourth-order valence-corrected chi connectivity index (χ4v) is 2.61. The topological polar surface area (TPSA) is 0 Å². The molecule has 0 fully saturated rings. The molecule has 0 saturated carbocycles. The third-order valence-electron chi connectivity index (χ3n) is 3.52. The fourth-order valence-electron chi connectivity index (χ4n) is 2.61. The molecular weight excluding hydrogens is 299 g/mol. The molecule has 0 heterocycles. The molecule has 0 saturated heterocycles. The van der Waals surface area contributed by atoms with Crippen LogP contribution in [0.2, 0.25) is 0 Å². The first-order valence-electron chi connectivity index (χ1n) is 6.96. The summed E-state index contributed by atoms with van der Waals surface area (Å²) in [5, 5.41) is 5.39. The summed E-state index contributed by atoms with van der Waals surface area (Å²) in [6.45, 7) is 4.25. The molecule has 21 heavy (non-hydrogen) atoms. The van der Waals surface area contributed by atoms with Gasteiger partial charge in [-0.05, 0) is 0 Å². The van der Waals surface area contributed by atoms with Crippen LogP contribution in [0.1, 0.15) is 11.1 Å². The number of benzene rings is 2. The normalized spacial score (nSPS) is 10.0. The molecule has 1 heteroatoms. The average Bonchev–Trinajstić information content (AvgIpc) is 2.99. The van der Waals surface area contributed by atoms with E-state index in [1.54, 1.807) is 0 Å². The zero-order chi connectivity index (χ0) is 13.9. The minimum Gasteiger partial charge on any atom is -0.165 e. The molecule has 0 aliphatic carbocycles. The second-order valence-corrected chi connectivity index (χ2v) is 5.32. The maximum Gasteiger partial charge on any atom is 2.00 e. The molecule has 0 aliphatic rings. The summed E-state index contributed by atoms with van der Waals surface area (Å²) >= 11 is 0. The molecule has 1 radical (unpaired) electrons. The zero-order valence-electron chi connectivity index (χ0n) is 12.3. The van der Waals surface area contributed by atoms with E-state index in [0.717, 1.165) is 0 Å². The fraction of sp³-hybridized carbons (Fsp3) is 0.100. The van der Waals surface area contributed by atoms with Crippen LogP contribution >= 0.6 is 0 Å². The minimum atomic E-state index is 0. The molecule has 0 aliphatic heterocycles. The molecule has 4 rings (SSSR count). The Labute approximate surface area is 136 Å². The number of aryl methyl sites for hydroxylation is 2. The van der Waals surface area contributed by atoms with E-state index in [1.165, 1.54) is 32.7 Å². The van der Waals surface area contributed by atoms with Gasteiger partial charge in [0.05, 0.1) is 0 Å². The van der Waals surface area contributed by atoms with Crippen LogP contribution in [0.4, 0.5) is 0 Å². The Bertz CT molecular complexity index is 695. The predicted octanol–water partition coefficient (Wildman–Crippen LogP) is 5.73. The first-order chi connectivity index (χ1) is 9.72. The van der Waals surface area contributed by atoms with Gasteiger partial charge in [0.25, 0.3) is 0 Å². The number of rotatable bonds is 0. The van der Waals surface area contributed by atoms with Crippen LogP contribution in [0.15, 0.2) is 72.8 Å². The molecule has 0 aromatic heterocycles. The Balaban J connectivity index is 0.000000147. The van der Waals surface area contributed by atoms with Gasteiger partial charge in [-0.2, -0.15) is 12.1 Å². The van der Waals surface area contributed by atoms with Crippen molar-refractivity contribution < 1.29 is 16.8 Å². The molecule has 0 atom stereocenters. The molecule has 0 unspecified atom stereocenters. The standard InChI is InChI=1S/2C10H9.Co/c2*1-8-6-9-4-2-3-5-10(9)7-8;/h2*2-7H,1H3;/q2*-1;+2. The number of fused-ring (bicyclic) bond motifs is 2. The third-order valence-corrected chi connectivity index (χ3v) is 3.52. The quantitative estimate of drug-likeness (QED) is 0.363. The van der Waals surface area contributed by atoms with Gasteiger partial charge in [0.2, 0.25) is 0 Å².